The van der Waals surface area contributed by atoms with Gasteiger partial charge in [-0.05, 0) is 24.6 Å². The Morgan fingerprint density at radius 3 is 2.31 bits per heavy atom. The van der Waals surface area contributed by atoms with Crippen LogP contribution in [0.15, 0.2) is 43.8 Å². The molecule has 2 heteroatoms. The highest BCUT2D eigenvalue weighted by Crippen LogP contribution is 2.08. The summed E-state index contributed by atoms with van der Waals surface area (Å²) in [5.41, 5.74) is 3.14. The van der Waals surface area contributed by atoms with Crippen LogP contribution in [0.3, 0.4) is 0 Å². The molecule has 0 fully saturated rings. The Kier molecular flexibility index (Phi) is 3.15. The van der Waals surface area contributed by atoms with Crippen molar-refractivity contribution in [3.05, 3.63) is 49.3 Å². The van der Waals surface area contributed by atoms with Gasteiger partial charge >= 0.3 is 0 Å². The molecule has 66 valence electrons. The highest BCUT2D eigenvalue weighted by atomic mass is 14.8. The van der Waals surface area contributed by atoms with E-state index in [1.54, 1.807) is 12.4 Å². The second-order valence-corrected chi connectivity index (χ2v) is 2.55. The third kappa shape index (κ3) is 2.12. The molecule has 0 saturated heterocycles. The maximum Gasteiger partial charge on any atom is 0.0889 e. The molecular weight excluding hydrogens is 160 g/mol. The summed E-state index contributed by atoms with van der Waals surface area (Å²) in [6, 6.07) is 6.05. The molecule has 0 atom stereocenters. The molecular formula is C11H12N2. The molecule has 0 aliphatic heterocycles. The van der Waals surface area contributed by atoms with Gasteiger partial charge in [0.2, 0.25) is 0 Å². The summed E-state index contributed by atoms with van der Waals surface area (Å²) in [5.74, 6) is 0. The van der Waals surface area contributed by atoms with E-state index in [4.69, 9.17) is 0 Å². The Hall–Kier alpha value is -1.70. The van der Waals surface area contributed by atoms with Crippen LogP contribution in [0.2, 0.25) is 0 Å². The van der Waals surface area contributed by atoms with E-state index >= 15 is 0 Å². The van der Waals surface area contributed by atoms with E-state index in [0.29, 0.717) is 0 Å². The molecule has 0 unspecified atom stereocenters. The number of benzene rings is 1. The van der Waals surface area contributed by atoms with Crippen LogP contribution in [0, 0.1) is 6.92 Å². The fourth-order valence-corrected chi connectivity index (χ4v) is 1.07. The summed E-state index contributed by atoms with van der Waals surface area (Å²) >= 11 is 0. The van der Waals surface area contributed by atoms with E-state index in [2.05, 4.69) is 23.1 Å². The van der Waals surface area contributed by atoms with Crippen molar-refractivity contribution < 1.29 is 0 Å². The third-order valence-electron chi connectivity index (χ3n) is 1.62. The Morgan fingerprint density at radius 2 is 1.62 bits per heavy atom. The minimum absolute atomic E-state index is 0.957. The normalized spacial score (nSPS) is 9.00. The molecule has 1 aromatic carbocycles. The molecule has 0 N–H and O–H groups in total. The monoisotopic (exact) mass is 172 g/mol. The Morgan fingerprint density at radius 1 is 1.00 bits per heavy atom. The molecule has 0 bridgehead atoms. The first kappa shape index (κ1) is 9.39. The molecule has 2 nitrogen and oxygen atoms in total. The predicted molar refractivity (Wildman–Crippen MR) is 55.5 cm³/mol. The van der Waals surface area contributed by atoms with Crippen LogP contribution in [0.4, 0.5) is 0 Å². The first-order valence-electron chi connectivity index (χ1n) is 4.03. The summed E-state index contributed by atoms with van der Waals surface area (Å²) in [4.78, 5) is 8.34. The zero-order valence-electron chi connectivity index (χ0n) is 7.70. The van der Waals surface area contributed by atoms with Gasteiger partial charge in [0.25, 0.3) is 0 Å². The summed E-state index contributed by atoms with van der Waals surface area (Å²) in [7, 11) is 0. The minimum atomic E-state index is 0.957. The molecule has 1 heterocycles. The van der Waals surface area contributed by atoms with Crippen LogP contribution in [-0.4, -0.2) is 9.97 Å². The topological polar surface area (TPSA) is 25.8 Å². The van der Waals surface area contributed by atoms with Crippen LogP contribution in [0.25, 0.3) is 11.0 Å². The van der Waals surface area contributed by atoms with Crippen molar-refractivity contribution >= 4 is 11.0 Å². The number of fused-ring (bicyclic) bond motifs is 1. The highest BCUT2D eigenvalue weighted by Gasteiger charge is 1.92. The van der Waals surface area contributed by atoms with Gasteiger partial charge in [0.1, 0.15) is 0 Å². The average Bonchev–Trinajstić information content (AvgIpc) is 2.21. The Bertz CT molecular complexity index is 396. The second kappa shape index (κ2) is 4.36. The van der Waals surface area contributed by atoms with Crippen molar-refractivity contribution in [1.29, 1.82) is 0 Å². The summed E-state index contributed by atoms with van der Waals surface area (Å²) < 4.78 is 0. The van der Waals surface area contributed by atoms with Gasteiger partial charge in [0.15, 0.2) is 0 Å². The van der Waals surface area contributed by atoms with Crippen LogP contribution in [0.5, 0.6) is 0 Å². The maximum atomic E-state index is 4.18. The predicted octanol–water partition coefficient (Wildman–Crippen LogP) is 2.74. The number of hydrogen-bond donors (Lipinski definition) is 0. The number of aromatic nitrogens is 2. The molecule has 0 aliphatic carbocycles. The number of nitrogens with zero attached hydrogens (tertiary/aromatic N) is 2. The van der Waals surface area contributed by atoms with Crippen molar-refractivity contribution in [1.82, 2.24) is 9.97 Å². The summed E-state index contributed by atoms with van der Waals surface area (Å²) in [5, 5.41) is 0. The van der Waals surface area contributed by atoms with E-state index in [0.717, 1.165) is 11.0 Å². The van der Waals surface area contributed by atoms with Crippen molar-refractivity contribution in [2.75, 3.05) is 0 Å². The smallest absolute Gasteiger partial charge is 0.0889 e. The highest BCUT2D eigenvalue weighted by molar-refractivity contribution is 5.74. The van der Waals surface area contributed by atoms with Crippen LogP contribution >= 0.6 is 0 Å². The van der Waals surface area contributed by atoms with Crippen molar-refractivity contribution in [2.45, 2.75) is 6.92 Å². The number of hydrogen-bond acceptors (Lipinski definition) is 2. The lowest BCUT2D eigenvalue weighted by atomic mass is 10.2. The fraction of sp³-hybridized carbons (Fsp3) is 0.0909. The summed E-state index contributed by atoms with van der Waals surface area (Å²) in [6.07, 6.45) is 3.42. The van der Waals surface area contributed by atoms with Crippen molar-refractivity contribution in [2.24, 2.45) is 0 Å². The average molecular weight is 172 g/mol. The second-order valence-electron chi connectivity index (χ2n) is 2.55. The molecule has 2 rings (SSSR count). The molecule has 2 aromatic rings. The van der Waals surface area contributed by atoms with Gasteiger partial charge in [-0.25, -0.2) is 0 Å². The first-order chi connectivity index (χ1) is 6.36. The molecule has 13 heavy (non-hydrogen) atoms. The van der Waals surface area contributed by atoms with E-state index < -0.39 is 0 Å². The van der Waals surface area contributed by atoms with Gasteiger partial charge in [0, 0.05) is 12.4 Å². The Labute approximate surface area is 78.0 Å². The SMILES string of the molecule is C=C.Cc1ccc2nccnc2c1. The Balaban J connectivity index is 0.000000396. The lowest BCUT2D eigenvalue weighted by Crippen LogP contribution is -1.81. The molecule has 0 saturated carbocycles. The van der Waals surface area contributed by atoms with Gasteiger partial charge in [-0.15, -0.1) is 13.2 Å². The lowest BCUT2D eigenvalue weighted by Gasteiger charge is -1.95. The van der Waals surface area contributed by atoms with E-state index in [1.165, 1.54) is 5.56 Å². The van der Waals surface area contributed by atoms with Gasteiger partial charge in [-0.3, -0.25) is 9.97 Å². The largest absolute Gasteiger partial charge is 0.253 e. The molecule has 1 aromatic heterocycles. The van der Waals surface area contributed by atoms with Gasteiger partial charge in [0.05, 0.1) is 11.0 Å². The first-order valence-corrected chi connectivity index (χ1v) is 4.03. The summed E-state index contributed by atoms with van der Waals surface area (Å²) in [6.45, 7) is 8.05. The fourth-order valence-electron chi connectivity index (χ4n) is 1.07. The van der Waals surface area contributed by atoms with Gasteiger partial charge in [-0.2, -0.15) is 0 Å². The third-order valence-corrected chi connectivity index (χ3v) is 1.62. The molecule has 0 amide bonds. The van der Waals surface area contributed by atoms with E-state index in [-0.39, 0.29) is 0 Å². The number of rotatable bonds is 0. The van der Waals surface area contributed by atoms with Crippen LogP contribution in [0.1, 0.15) is 5.56 Å². The molecule has 0 aliphatic rings. The quantitative estimate of drug-likeness (QED) is 0.571. The van der Waals surface area contributed by atoms with Crippen LogP contribution in [-0.2, 0) is 0 Å². The van der Waals surface area contributed by atoms with Gasteiger partial charge in [-0.1, -0.05) is 6.07 Å². The van der Waals surface area contributed by atoms with Gasteiger partial charge < -0.3 is 0 Å². The standard InChI is InChI=1S/C9H8N2.C2H4/c1-7-2-3-8-9(6-7)11-5-4-10-8;1-2/h2-6H,1H3;1-2H2. The van der Waals surface area contributed by atoms with Crippen LogP contribution < -0.4 is 0 Å². The zero-order valence-corrected chi connectivity index (χ0v) is 7.70. The zero-order chi connectivity index (χ0) is 9.68. The lowest BCUT2D eigenvalue weighted by molar-refractivity contribution is 1.28. The molecule has 0 spiro atoms. The minimum Gasteiger partial charge on any atom is -0.253 e. The maximum absolute atomic E-state index is 4.18. The van der Waals surface area contributed by atoms with E-state index in [1.807, 2.05) is 25.1 Å². The molecule has 0 radical (unpaired) electrons. The number of aryl methyl sites for hydroxylation is 1. The van der Waals surface area contributed by atoms with Crippen molar-refractivity contribution in [3.63, 3.8) is 0 Å². The van der Waals surface area contributed by atoms with E-state index in [9.17, 15) is 0 Å². The van der Waals surface area contributed by atoms with Crippen molar-refractivity contribution in [3.8, 4) is 0 Å².